The molecule has 1 saturated carbocycles. The molecular formula is C14H29N3O. The van der Waals surface area contributed by atoms with E-state index in [9.17, 15) is 5.11 Å². The topological polar surface area (TPSA) is 38.7 Å². The van der Waals surface area contributed by atoms with Gasteiger partial charge in [-0.1, -0.05) is 6.92 Å². The van der Waals surface area contributed by atoms with E-state index in [1.807, 2.05) is 0 Å². The van der Waals surface area contributed by atoms with Crippen molar-refractivity contribution in [2.75, 3.05) is 39.8 Å². The van der Waals surface area contributed by atoms with Crippen LogP contribution in [0.15, 0.2) is 0 Å². The lowest BCUT2D eigenvalue weighted by Gasteiger charge is -2.33. The Morgan fingerprint density at radius 3 is 2.72 bits per heavy atom. The summed E-state index contributed by atoms with van der Waals surface area (Å²) in [5.41, 5.74) is 0. The van der Waals surface area contributed by atoms with E-state index in [1.54, 1.807) is 0 Å². The molecule has 0 aromatic heterocycles. The number of likely N-dealkylation sites (N-methyl/N-ethyl adjacent to an activating group) is 1. The lowest BCUT2D eigenvalue weighted by atomic mass is 10.1. The molecule has 1 saturated heterocycles. The van der Waals surface area contributed by atoms with Gasteiger partial charge in [-0.3, -0.25) is 4.90 Å². The van der Waals surface area contributed by atoms with Crippen molar-refractivity contribution in [3.8, 4) is 0 Å². The molecule has 1 heterocycles. The smallest absolute Gasteiger partial charge is 0.0597 e. The van der Waals surface area contributed by atoms with Crippen molar-refractivity contribution in [1.29, 1.82) is 0 Å². The summed E-state index contributed by atoms with van der Waals surface area (Å²) in [6, 6.07) is 1.58. The Kier molecular flexibility index (Phi) is 5.42. The number of nitrogens with zero attached hydrogens (tertiary/aromatic N) is 2. The van der Waals surface area contributed by atoms with E-state index < -0.39 is 0 Å². The fraction of sp³-hybridized carbons (Fsp3) is 1.00. The molecule has 106 valence electrons. The molecule has 2 fully saturated rings. The standard InChI is InChI=1S/C14H29N3O/c1-3-14-10-16(2)7-4-8-17(14)9-13(11-18)15-12-5-6-12/h12-15,18H,3-11H2,1-2H3. The largest absolute Gasteiger partial charge is 0.395 e. The third kappa shape index (κ3) is 4.19. The van der Waals surface area contributed by atoms with Gasteiger partial charge in [0.15, 0.2) is 0 Å². The summed E-state index contributed by atoms with van der Waals surface area (Å²) in [6.07, 6.45) is 5.02. The first-order chi connectivity index (χ1) is 8.72. The molecule has 4 nitrogen and oxygen atoms in total. The zero-order valence-electron chi connectivity index (χ0n) is 11.9. The van der Waals surface area contributed by atoms with E-state index in [2.05, 4.69) is 29.1 Å². The van der Waals surface area contributed by atoms with E-state index in [4.69, 9.17) is 0 Å². The van der Waals surface area contributed by atoms with Crippen LogP contribution in [0.4, 0.5) is 0 Å². The Hall–Kier alpha value is -0.160. The van der Waals surface area contributed by atoms with Crippen LogP contribution in [-0.4, -0.2) is 72.9 Å². The third-order valence-corrected chi connectivity index (χ3v) is 4.22. The summed E-state index contributed by atoms with van der Waals surface area (Å²) in [5.74, 6) is 0. The first-order valence-corrected chi connectivity index (χ1v) is 7.52. The minimum Gasteiger partial charge on any atom is -0.395 e. The maximum Gasteiger partial charge on any atom is 0.0597 e. The van der Waals surface area contributed by atoms with Gasteiger partial charge in [0.05, 0.1) is 6.61 Å². The third-order valence-electron chi connectivity index (χ3n) is 4.22. The highest BCUT2D eigenvalue weighted by Crippen LogP contribution is 2.20. The van der Waals surface area contributed by atoms with Crippen LogP contribution in [0.5, 0.6) is 0 Å². The van der Waals surface area contributed by atoms with E-state index >= 15 is 0 Å². The lowest BCUT2D eigenvalue weighted by Crippen LogP contribution is -2.49. The molecule has 4 heteroatoms. The van der Waals surface area contributed by atoms with Crippen molar-refractivity contribution in [2.45, 2.75) is 50.7 Å². The molecule has 1 aliphatic carbocycles. The summed E-state index contributed by atoms with van der Waals surface area (Å²) in [5, 5.41) is 13.1. The lowest BCUT2D eigenvalue weighted by molar-refractivity contribution is 0.138. The van der Waals surface area contributed by atoms with Crippen LogP contribution in [0, 0.1) is 0 Å². The van der Waals surface area contributed by atoms with Crippen molar-refractivity contribution in [3.63, 3.8) is 0 Å². The monoisotopic (exact) mass is 255 g/mol. The Morgan fingerprint density at radius 2 is 2.11 bits per heavy atom. The quantitative estimate of drug-likeness (QED) is 0.726. The van der Waals surface area contributed by atoms with E-state index in [-0.39, 0.29) is 12.6 Å². The van der Waals surface area contributed by atoms with Crippen LogP contribution in [0.1, 0.15) is 32.6 Å². The summed E-state index contributed by atoms with van der Waals surface area (Å²) in [4.78, 5) is 5.02. The number of hydrogen-bond acceptors (Lipinski definition) is 4. The van der Waals surface area contributed by atoms with Crippen molar-refractivity contribution in [2.24, 2.45) is 0 Å². The van der Waals surface area contributed by atoms with Gasteiger partial charge in [0, 0.05) is 31.2 Å². The minimum absolute atomic E-state index is 0.259. The van der Waals surface area contributed by atoms with Crippen molar-refractivity contribution < 1.29 is 5.11 Å². The van der Waals surface area contributed by atoms with Gasteiger partial charge in [-0.25, -0.2) is 0 Å². The molecular weight excluding hydrogens is 226 g/mol. The van der Waals surface area contributed by atoms with Crippen molar-refractivity contribution in [1.82, 2.24) is 15.1 Å². The van der Waals surface area contributed by atoms with Gasteiger partial charge in [-0.15, -0.1) is 0 Å². The Morgan fingerprint density at radius 1 is 1.33 bits per heavy atom. The van der Waals surface area contributed by atoms with Crippen LogP contribution in [0.2, 0.25) is 0 Å². The van der Waals surface area contributed by atoms with Crippen molar-refractivity contribution >= 4 is 0 Å². The first-order valence-electron chi connectivity index (χ1n) is 7.52. The van der Waals surface area contributed by atoms with Crippen LogP contribution in [-0.2, 0) is 0 Å². The van der Waals surface area contributed by atoms with Crippen LogP contribution in [0.25, 0.3) is 0 Å². The van der Waals surface area contributed by atoms with Crippen molar-refractivity contribution in [3.05, 3.63) is 0 Å². The van der Waals surface area contributed by atoms with Gasteiger partial charge in [0.2, 0.25) is 0 Å². The number of aliphatic hydroxyl groups excluding tert-OH is 1. The van der Waals surface area contributed by atoms with Crippen LogP contribution < -0.4 is 5.32 Å². The summed E-state index contributed by atoms with van der Waals surface area (Å²) < 4.78 is 0. The molecule has 2 atom stereocenters. The molecule has 1 aliphatic heterocycles. The Labute approximate surface area is 111 Å². The second-order valence-corrected chi connectivity index (χ2v) is 5.99. The molecule has 0 aromatic rings. The second-order valence-electron chi connectivity index (χ2n) is 5.99. The van der Waals surface area contributed by atoms with E-state index in [1.165, 1.54) is 38.8 Å². The van der Waals surface area contributed by atoms with Gasteiger partial charge in [0.25, 0.3) is 0 Å². The summed E-state index contributed by atoms with van der Waals surface area (Å²) in [6.45, 7) is 7.08. The molecule has 2 unspecified atom stereocenters. The summed E-state index contributed by atoms with van der Waals surface area (Å²) >= 11 is 0. The predicted octanol–water partition coefficient (Wildman–Crippen LogP) is 0.515. The minimum atomic E-state index is 0.259. The number of aliphatic hydroxyl groups is 1. The maximum atomic E-state index is 9.52. The predicted molar refractivity (Wildman–Crippen MR) is 74.8 cm³/mol. The molecule has 0 amide bonds. The number of hydrogen-bond donors (Lipinski definition) is 2. The Bertz CT molecular complexity index is 245. The fourth-order valence-corrected chi connectivity index (χ4v) is 2.95. The van der Waals surface area contributed by atoms with Gasteiger partial charge in [-0.05, 0) is 45.8 Å². The molecule has 0 aromatic carbocycles. The highest BCUT2D eigenvalue weighted by molar-refractivity contribution is 4.88. The van der Waals surface area contributed by atoms with Gasteiger partial charge < -0.3 is 15.3 Å². The average molecular weight is 255 g/mol. The van der Waals surface area contributed by atoms with Crippen LogP contribution >= 0.6 is 0 Å². The first kappa shape index (κ1) is 14.3. The number of rotatable bonds is 6. The van der Waals surface area contributed by atoms with Gasteiger partial charge >= 0.3 is 0 Å². The van der Waals surface area contributed by atoms with E-state index in [0.29, 0.717) is 12.1 Å². The molecule has 0 spiro atoms. The average Bonchev–Trinajstić information content (AvgIpc) is 3.17. The molecule has 2 aliphatic rings. The SMILES string of the molecule is CCC1CN(C)CCCN1CC(CO)NC1CC1. The normalized spacial score (nSPS) is 29.2. The molecule has 2 N–H and O–H groups in total. The fourth-order valence-electron chi connectivity index (χ4n) is 2.95. The van der Waals surface area contributed by atoms with E-state index in [0.717, 1.165) is 13.1 Å². The molecule has 2 rings (SSSR count). The molecule has 18 heavy (non-hydrogen) atoms. The molecule has 0 radical (unpaired) electrons. The highest BCUT2D eigenvalue weighted by atomic mass is 16.3. The Balaban J connectivity index is 1.86. The van der Waals surface area contributed by atoms with Crippen LogP contribution in [0.3, 0.4) is 0 Å². The van der Waals surface area contributed by atoms with Gasteiger partial charge in [0.1, 0.15) is 0 Å². The maximum absolute atomic E-state index is 9.52. The zero-order valence-corrected chi connectivity index (χ0v) is 11.9. The summed E-state index contributed by atoms with van der Waals surface area (Å²) in [7, 11) is 2.22. The zero-order chi connectivity index (χ0) is 13.0. The second kappa shape index (κ2) is 6.85. The highest BCUT2D eigenvalue weighted by Gasteiger charge is 2.28. The number of nitrogens with one attached hydrogen (secondary N) is 1. The molecule has 0 bridgehead atoms. The van der Waals surface area contributed by atoms with Gasteiger partial charge in [-0.2, -0.15) is 0 Å².